The number of allylic oxidation sites excluding steroid dienone is 4. The minimum absolute atomic E-state index is 0.0797. The average molecular weight is 372 g/mol. The van der Waals surface area contributed by atoms with Gasteiger partial charge in [-0.2, -0.15) is 0 Å². The molecule has 27 heavy (non-hydrogen) atoms. The van der Waals surface area contributed by atoms with Crippen molar-refractivity contribution in [3.8, 4) is 17.2 Å². The minimum Gasteiger partial charge on any atom is -0.496 e. The van der Waals surface area contributed by atoms with Gasteiger partial charge in [0, 0.05) is 17.7 Å². The molecule has 0 radical (unpaired) electrons. The molecule has 1 aromatic carbocycles. The molecule has 144 valence electrons. The van der Waals surface area contributed by atoms with E-state index in [9.17, 15) is 9.59 Å². The topological polar surface area (TPSA) is 71.1 Å². The van der Waals surface area contributed by atoms with Gasteiger partial charge in [-0.3, -0.25) is 4.79 Å². The third-order valence-electron chi connectivity index (χ3n) is 4.37. The zero-order valence-corrected chi connectivity index (χ0v) is 16.3. The van der Waals surface area contributed by atoms with Crippen molar-refractivity contribution in [2.24, 2.45) is 0 Å². The Hall–Kier alpha value is -3.02. The third kappa shape index (κ3) is 4.39. The third-order valence-corrected chi connectivity index (χ3v) is 4.37. The number of ether oxygens (including phenoxy) is 4. The molecule has 0 bridgehead atoms. The molecule has 1 aromatic rings. The number of esters is 1. The highest BCUT2D eigenvalue weighted by Crippen LogP contribution is 2.36. The fourth-order valence-corrected chi connectivity index (χ4v) is 2.89. The summed E-state index contributed by atoms with van der Waals surface area (Å²) in [6.07, 6.45) is 6.67. The van der Waals surface area contributed by atoms with E-state index < -0.39 is 5.97 Å². The van der Waals surface area contributed by atoms with Crippen molar-refractivity contribution in [3.63, 3.8) is 0 Å². The first-order valence-corrected chi connectivity index (χ1v) is 8.47. The van der Waals surface area contributed by atoms with Gasteiger partial charge in [0.2, 0.25) is 0 Å². The summed E-state index contributed by atoms with van der Waals surface area (Å²) in [6.45, 7) is 1.85. The van der Waals surface area contributed by atoms with Crippen LogP contribution in [0.15, 0.2) is 41.0 Å². The van der Waals surface area contributed by atoms with Crippen molar-refractivity contribution in [2.75, 3.05) is 28.4 Å². The summed E-state index contributed by atoms with van der Waals surface area (Å²) < 4.78 is 20.9. The van der Waals surface area contributed by atoms with Crippen LogP contribution in [0, 0.1) is 0 Å². The molecule has 0 aliphatic heterocycles. The highest BCUT2D eigenvalue weighted by atomic mass is 16.5. The molecule has 6 nitrogen and oxygen atoms in total. The van der Waals surface area contributed by atoms with E-state index in [0.717, 1.165) is 12.0 Å². The number of carbonyl (C=O) groups is 2. The van der Waals surface area contributed by atoms with Gasteiger partial charge in [0.25, 0.3) is 0 Å². The Labute approximate surface area is 159 Å². The van der Waals surface area contributed by atoms with Crippen LogP contribution < -0.4 is 14.2 Å². The molecule has 0 atom stereocenters. The lowest BCUT2D eigenvalue weighted by Crippen LogP contribution is -2.18. The van der Waals surface area contributed by atoms with Crippen LogP contribution in [-0.4, -0.2) is 40.2 Å². The van der Waals surface area contributed by atoms with Crippen LogP contribution in [0.4, 0.5) is 0 Å². The molecule has 0 aromatic heterocycles. The maximum atomic E-state index is 13.1. The Morgan fingerprint density at radius 2 is 1.63 bits per heavy atom. The number of rotatable bonds is 7. The van der Waals surface area contributed by atoms with Crippen LogP contribution in [0.3, 0.4) is 0 Å². The molecule has 0 spiro atoms. The van der Waals surface area contributed by atoms with Crippen molar-refractivity contribution in [1.82, 2.24) is 0 Å². The van der Waals surface area contributed by atoms with E-state index in [4.69, 9.17) is 18.9 Å². The summed E-state index contributed by atoms with van der Waals surface area (Å²) in [4.78, 5) is 25.4. The van der Waals surface area contributed by atoms with Gasteiger partial charge in [0.1, 0.15) is 22.8 Å². The van der Waals surface area contributed by atoms with Gasteiger partial charge >= 0.3 is 5.97 Å². The van der Waals surface area contributed by atoms with Gasteiger partial charge in [-0.05, 0) is 31.4 Å². The van der Waals surface area contributed by atoms with Gasteiger partial charge in [0.15, 0.2) is 5.78 Å². The Kier molecular flexibility index (Phi) is 6.82. The largest absolute Gasteiger partial charge is 0.496 e. The Morgan fingerprint density at radius 3 is 2.11 bits per heavy atom. The van der Waals surface area contributed by atoms with Gasteiger partial charge in [-0.1, -0.05) is 12.2 Å². The Morgan fingerprint density at radius 1 is 1.00 bits per heavy atom. The SMILES string of the molecule is COC(=O)/C(=C\c1c(OC)cc(OC)cc1OC)C(=O)C1=C(C)C=CCC1. The zero-order valence-electron chi connectivity index (χ0n) is 16.3. The van der Waals surface area contributed by atoms with Gasteiger partial charge < -0.3 is 18.9 Å². The molecule has 1 aliphatic carbocycles. The number of benzene rings is 1. The predicted octanol–water partition coefficient (Wildman–Crippen LogP) is 3.50. The first-order valence-electron chi connectivity index (χ1n) is 8.47. The number of methoxy groups -OCH3 is 4. The molecule has 0 saturated heterocycles. The first-order chi connectivity index (χ1) is 13.0. The first kappa shape index (κ1) is 20.3. The van der Waals surface area contributed by atoms with Gasteiger partial charge in [-0.25, -0.2) is 4.79 Å². The molecular weight excluding hydrogens is 348 g/mol. The molecule has 6 heteroatoms. The number of ketones is 1. The van der Waals surface area contributed by atoms with Gasteiger partial charge in [0.05, 0.1) is 34.0 Å². The van der Waals surface area contributed by atoms with Crippen LogP contribution in [-0.2, 0) is 14.3 Å². The summed E-state index contributed by atoms with van der Waals surface area (Å²) in [5.74, 6) is 0.283. The quantitative estimate of drug-likeness (QED) is 0.316. The summed E-state index contributed by atoms with van der Waals surface area (Å²) in [6, 6.07) is 3.31. The molecule has 2 rings (SSSR count). The second-order valence-corrected chi connectivity index (χ2v) is 5.93. The number of carbonyl (C=O) groups excluding carboxylic acids is 2. The van der Waals surface area contributed by atoms with Crippen molar-refractivity contribution < 1.29 is 28.5 Å². The van der Waals surface area contributed by atoms with E-state index in [0.29, 0.717) is 34.8 Å². The van der Waals surface area contributed by atoms with Gasteiger partial charge in [-0.15, -0.1) is 0 Å². The molecule has 0 heterocycles. The smallest absolute Gasteiger partial charge is 0.341 e. The van der Waals surface area contributed by atoms with Crippen LogP contribution in [0.5, 0.6) is 17.2 Å². The van der Waals surface area contributed by atoms with Crippen molar-refractivity contribution in [1.29, 1.82) is 0 Å². The van der Waals surface area contributed by atoms with E-state index >= 15 is 0 Å². The van der Waals surface area contributed by atoms with E-state index in [1.165, 1.54) is 34.5 Å². The molecule has 0 amide bonds. The van der Waals surface area contributed by atoms with Crippen LogP contribution in [0.25, 0.3) is 6.08 Å². The average Bonchev–Trinajstić information content (AvgIpc) is 2.70. The van der Waals surface area contributed by atoms with E-state index in [2.05, 4.69) is 0 Å². The lowest BCUT2D eigenvalue weighted by molar-refractivity contribution is -0.137. The molecular formula is C21H24O6. The van der Waals surface area contributed by atoms with Crippen LogP contribution in [0.1, 0.15) is 25.3 Å². The molecule has 0 fully saturated rings. The number of hydrogen-bond acceptors (Lipinski definition) is 6. The Balaban J connectivity index is 2.64. The summed E-state index contributed by atoms with van der Waals surface area (Å²) in [5.41, 5.74) is 1.82. The molecule has 0 saturated carbocycles. The predicted molar refractivity (Wildman–Crippen MR) is 102 cm³/mol. The normalized spacial score (nSPS) is 14.0. The fourth-order valence-electron chi connectivity index (χ4n) is 2.89. The maximum absolute atomic E-state index is 13.1. The molecule has 0 unspecified atom stereocenters. The van der Waals surface area contributed by atoms with E-state index in [1.807, 2.05) is 19.1 Å². The van der Waals surface area contributed by atoms with Crippen molar-refractivity contribution in [3.05, 3.63) is 46.6 Å². The fraction of sp³-hybridized carbons (Fsp3) is 0.333. The summed E-state index contributed by atoms with van der Waals surface area (Å²) in [5, 5.41) is 0. The lowest BCUT2D eigenvalue weighted by Gasteiger charge is -2.16. The molecule has 0 N–H and O–H groups in total. The summed E-state index contributed by atoms with van der Waals surface area (Å²) >= 11 is 0. The molecule has 1 aliphatic rings. The minimum atomic E-state index is -0.713. The second-order valence-electron chi connectivity index (χ2n) is 5.93. The maximum Gasteiger partial charge on any atom is 0.341 e. The summed E-state index contributed by atoms with van der Waals surface area (Å²) in [7, 11) is 5.75. The lowest BCUT2D eigenvalue weighted by atomic mass is 9.90. The second kappa shape index (κ2) is 9.07. The van der Waals surface area contributed by atoms with Crippen LogP contribution >= 0.6 is 0 Å². The number of Topliss-reactive ketones (excluding diaryl/α,β-unsaturated/α-hetero) is 1. The number of hydrogen-bond donors (Lipinski definition) is 0. The highest BCUT2D eigenvalue weighted by molar-refractivity contribution is 6.27. The van der Waals surface area contributed by atoms with Crippen molar-refractivity contribution >= 4 is 17.8 Å². The Bertz CT molecular complexity index is 804. The van der Waals surface area contributed by atoms with E-state index in [1.54, 1.807) is 12.1 Å². The monoisotopic (exact) mass is 372 g/mol. The van der Waals surface area contributed by atoms with E-state index in [-0.39, 0.29) is 11.4 Å². The standard InChI is InChI=1S/C21H24O6/c1-13-8-6-7-9-15(13)20(22)17(21(23)27-5)12-16-18(25-3)10-14(24-2)11-19(16)26-4/h6,8,10-12H,7,9H2,1-5H3/b17-12-. The van der Waals surface area contributed by atoms with Crippen LogP contribution in [0.2, 0.25) is 0 Å². The van der Waals surface area contributed by atoms with Crippen molar-refractivity contribution in [2.45, 2.75) is 19.8 Å². The zero-order chi connectivity index (χ0) is 20.0. The highest BCUT2D eigenvalue weighted by Gasteiger charge is 2.26.